The van der Waals surface area contributed by atoms with Crippen LogP contribution in [0.15, 0.2) is 0 Å². The lowest BCUT2D eigenvalue weighted by molar-refractivity contribution is -0.0388. The molecule has 13 heavy (non-hydrogen) atoms. The minimum absolute atomic E-state index is 0.0956. The van der Waals surface area contributed by atoms with Gasteiger partial charge in [-0.2, -0.15) is 0 Å². The monoisotopic (exact) mass is 185 g/mol. The summed E-state index contributed by atoms with van der Waals surface area (Å²) in [5.41, 5.74) is -0.822. The van der Waals surface area contributed by atoms with E-state index in [0.29, 0.717) is 6.61 Å². The van der Waals surface area contributed by atoms with Crippen molar-refractivity contribution in [2.24, 2.45) is 0 Å². The number of hydrogen-bond donors (Lipinski definition) is 0. The Morgan fingerprint density at radius 2 is 2.08 bits per heavy atom. The highest BCUT2D eigenvalue weighted by Gasteiger charge is 2.60. The van der Waals surface area contributed by atoms with Crippen LogP contribution in [0.2, 0.25) is 0 Å². The highest BCUT2D eigenvalue weighted by Crippen LogP contribution is 2.42. The van der Waals surface area contributed by atoms with Gasteiger partial charge in [-0.05, 0) is 27.7 Å². The fourth-order valence-corrected chi connectivity index (χ4v) is 2.13. The van der Waals surface area contributed by atoms with Gasteiger partial charge in [0.25, 0.3) is 0 Å². The molecule has 4 nitrogen and oxygen atoms in total. The molecular formula is C9H15NO3. The lowest BCUT2D eigenvalue weighted by atomic mass is 9.96. The molecule has 2 heterocycles. The normalized spacial score (nSPS) is 42.0. The van der Waals surface area contributed by atoms with E-state index in [1.807, 2.05) is 27.7 Å². The highest BCUT2D eigenvalue weighted by molar-refractivity contribution is 5.73. The maximum Gasteiger partial charge on any atom is 0.413 e. The largest absolute Gasteiger partial charge is 0.444 e. The van der Waals surface area contributed by atoms with Gasteiger partial charge in [0.15, 0.2) is 0 Å². The van der Waals surface area contributed by atoms with Crippen LogP contribution >= 0.6 is 0 Å². The predicted molar refractivity (Wildman–Crippen MR) is 46.2 cm³/mol. The molecule has 1 amide bonds. The molecule has 0 radical (unpaired) electrons. The van der Waals surface area contributed by atoms with Crippen molar-refractivity contribution in [3.8, 4) is 0 Å². The molecule has 0 saturated carbocycles. The van der Waals surface area contributed by atoms with Crippen molar-refractivity contribution in [2.75, 3.05) is 6.61 Å². The molecule has 74 valence electrons. The Morgan fingerprint density at radius 1 is 1.46 bits per heavy atom. The zero-order valence-electron chi connectivity index (χ0n) is 8.46. The Balaban J connectivity index is 2.41. The Hall–Kier alpha value is -0.770. The lowest BCUT2D eigenvalue weighted by Gasteiger charge is -2.31. The van der Waals surface area contributed by atoms with E-state index in [-0.39, 0.29) is 17.7 Å². The Bertz CT molecular complexity index is 264. The SMILES string of the molecule is CC1OC(=O)N2C(C)(C)OCC12C. The van der Waals surface area contributed by atoms with Gasteiger partial charge < -0.3 is 9.47 Å². The minimum Gasteiger partial charge on any atom is -0.444 e. The fraction of sp³-hybridized carbons (Fsp3) is 0.889. The van der Waals surface area contributed by atoms with E-state index in [9.17, 15) is 4.79 Å². The van der Waals surface area contributed by atoms with Gasteiger partial charge >= 0.3 is 6.09 Å². The van der Waals surface area contributed by atoms with Crippen LogP contribution in [0.4, 0.5) is 4.79 Å². The van der Waals surface area contributed by atoms with Crippen LogP contribution < -0.4 is 0 Å². The maximum absolute atomic E-state index is 11.5. The summed E-state index contributed by atoms with van der Waals surface area (Å²) >= 11 is 0. The van der Waals surface area contributed by atoms with E-state index in [2.05, 4.69) is 0 Å². The van der Waals surface area contributed by atoms with Crippen molar-refractivity contribution in [3.05, 3.63) is 0 Å². The number of carbonyl (C=O) groups excluding carboxylic acids is 1. The zero-order valence-corrected chi connectivity index (χ0v) is 8.46. The molecule has 0 spiro atoms. The molecule has 0 aromatic rings. The van der Waals surface area contributed by atoms with Crippen LogP contribution in [0.5, 0.6) is 0 Å². The molecule has 2 unspecified atom stereocenters. The van der Waals surface area contributed by atoms with Gasteiger partial charge in [0.1, 0.15) is 17.4 Å². The molecule has 2 aliphatic rings. The molecule has 2 atom stereocenters. The number of cyclic esters (lactones) is 1. The molecule has 0 bridgehead atoms. The average molecular weight is 185 g/mol. The van der Waals surface area contributed by atoms with Gasteiger partial charge in [0.2, 0.25) is 0 Å². The van der Waals surface area contributed by atoms with Crippen LogP contribution in [0.1, 0.15) is 27.7 Å². The van der Waals surface area contributed by atoms with Crippen LogP contribution in [0.3, 0.4) is 0 Å². The summed E-state index contributed by atoms with van der Waals surface area (Å²) in [6.07, 6.45) is -0.362. The number of rotatable bonds is 0. The number of carbonyl (C=O) groups is 1. The summed E-state index contributed by atoms with van der Waals surface area (Å²) in [7, 11) is 0. The zero-order chi connectivity index (χ0) is 9.85. The van der Waals surface area contributed by atoms with E-state index in [1.165, 1.54) is 0 Å². The molecule has 2 rings (SSSR count). The standard InChI is InChI=1S/C9H15NO3/c1-6-9(4)5-12-8(2,3)10(9)7(11)13-6/h6H,5H2,1-4H3. The second-order valence-electron chi connectivity index (χ2n) is 4.45. The predicted octanol–water partition coefficient (Wildman–Crippen LogP) is 1.35. The summed E-state index contributed by atoms with van der Waals surface area (Å²) in [5, 5.41) is 0. The number of hydrogen-bond acceptors (Lipinski definition) is 3. The number of ether oxygens (including phenoxy) is 2. The van der Waals surface area contributed by atoms with Crippen LogP contribution in [0.25, 0.3) is 0 Å². The Kier molecular flexibility index (Phi) is 1.48. The third-order valence-corrected chi connectivity index (χ3v) is 3.10. The second kappa shape index (κ2) is 2.18. The molecule has 0 N–H and O–H groups in total. The average Bonchev–Trinajstić information content (AvgIpc) is 2.34. The van der Waals surface area contributed by atoms with E-state index < -0.39 is 5.72 Å². The van der Waals surface area contributed by atoms with E-state index in [4.69, 9.17) is 9.47 Å². The summed E-state index contributed by atoms with van der Waals surface area (Å²) < 4.78 is 10.8. The van der Waals surface area contributed by atoms with Gasteiger partial charge in [-0.15, -0.1) is 0 Å². The van der Waals surface area contributed by atoms with Crippen molar-refractivity contribution >= 4 is 6.09 Å². The molecule has 0 aromatic heterocycles. The minimum atomic E-state index is -0.531. The number of nitrogens with zero attached hydrogens (tertiary/aromatic N) is 1. The molecule has 2 fully saturated rings. The van der Waals surface area contributed by atoms with Gasteiger partial charge in [-0.1, -0.05) is 0 Å². The summed E-state index contributed by atoms with van der Waals surface area (Å²) in [6, 6.07) is 0. The summed E-state index contributed by atoms with van der Waals surface area (Å²) in [5.74, 6) is 0. The summed E-state index contributed by atoms with van der Waals surface area (Å²) in [4.78, 5) is 13.2. The molecule has 0 aromatic carbocycles. The second-order valence-corrected chi connectivity index (χ2v) is 4.45. The molecular weight excluding hydrogens is 170 g/mol. The van der Waals surface area contributed by atoms with Crippen molar-refractivity contribution in [3.63, 3.8) is 0 Å². The molecule has 4 heteroatoms. The van der Waals surface area contributed by atoms with Crippen LogP contribution in [-0.2, 0) is 9.47 Å². The van der Waals surface area contributed by atoms with Gasteiger partial charge in [0, 0.05) is 0 Å². The number of amides is 1. The van der Waals surface area contributed by atoms with Crippen molar-refractivity contribution in [1.82, 2.24) is 4.90 Å². The first-order chi connectivity index (χ1) is 5.88. The maximum atomic E-state index is 11.5. The van der Waals surface area contributed by atoms with E-state index in [1.54, 1.807) is 4.90 Å². The topological polar surface area (TPSA) is 38.8 Å². The van der Waals surface area contributed by atoms with Crippen LogP contribution in [0, 0.1) is 0 Å². The first-order valence-corrected chi connectivity index (χ1v) is 4.53. The highest BCUT2D eigenvalue weighted by atomic mass is 16.6. The van der Waals surface area contributed by atoms with Crippen molar-refractivity contribution in [2.45, 2.75) is 45.1 Å². The third-order valence-electron chi connectivity index (χ3n) is 3.10. The lowest BCUT2D eigenvalue weighted by Crippen LogP contribution is -2.51. The van der Waals surface area contributed by atoms with Gasteiger partial charge in [-0.25, -0.2) is 4.79 Å². The molecule has 2 aliphatic heterocycles. The molecule has 0 aliphatic carbocycles. The number of fused-ring (bicyclic) bond motifs is 1. The van der Waals surface area contributed by atoms with Gasteiger partial charge in [-0.3, -0.25) is 4.90 Å². The van der Waals surface area contributed by atoms with Crippen molar-refractivity contribution < 1.29 is 14.3 Å². The van der Waals surface area contributed by atoms with Crippen molar-refractivity contribution in [1.29, 1.82) is 0 Å². The van der Waals surface area contributed by atoms with Gasteiger partial charge in [0.05, 0.1) is 6.61 Å². The quantitative estimate of drug-likeness (QED) is 0.572. The van der Waals surface area contributed by atoms with E-state index in [0.717, 1.165) is 0 Å². The fourth-order valence-electron chi connectivity index (χ4n) is 2.13. The van der Waals surface area contributed by atoms with Crippen LogP contribution in [-0.4, -0.2) is 35.0 Å². The molecule has 2 saturated heterocycles. The third kappa shape index (κ3) is 0.921. The Labute approximate surface area is 77.8 Å². The summed E-state index contributed by atoms with van der Waals surface area (Å²) in [6.45, 7) is 8.22. The van der Waals surface area contributed by atoms with E-state index >= 15 is 0 Å². The Morgan fingerprint density at radius 3 is 2.62 bits per heavy atom. The first kappa shape index (κ1) is 8.81. The first-order valence-electron chi connectivity index (χ1n) is 4.53. The smallest absolute Gasteiger partial charge is 0.413 e.